The van der Waals surface area contributed by atoms with Crippen LogP contribution in [-0.4, -0.2) is 35.6 Å². The average Bonchev–Trinajstić information content (AvgIpc) is 2.35. The van der Waals surface area contributed by atoms with Gasteiger partial charge in [-0.25, -0.2) is 9.59 Å². The second-order valence-electron chi connectivity index (χ2n) is 4.20. The molecule has 0 unspecified atom stereocenters. The van der Waals surface area contributed by atoms with Crippen LogP contribution in [0, 0.1) is 0 Å². The van der Waals surface area contributed by atoms with Gasteiger partial charge in [-0.05, 0) is 24.6 Å². The third-order valence-corrected chi connectivity index (χ3v) is 3.14. The number of nitrogens with zero attached hydrogens (tertiary/aromatic N) is 1. The Morgan fingerprint density at radius 3 is 2.68 bits per heavy atom. The lowest BCUT2D eigenvalue weighted by atomic mass is 10.2. The number of unbranched alkanes of at least 4 members (excludes halogenated alkanes) is 1. The third-order valence-electron chi connectivity index (χ3n) is 2.65. The van der Waals surface area contributed by atoms with Crippen LogP contribution in [0.2, 0.25) is 0 Å². The molecule has 0 aliphatic rings. The third kappa shape index (κ3) is 4.55. The number of benzene rings is 1. The van der Waals surface area contributed by atoms with E-state index in [1.54, 1.807) is 19.2 Å². The van der Waals surface area contributed by atoms with Crippen LogP contribution in [-0.2, 0) is 0 Å². The monoisotopic (exact) mass is 328 g/mol. The first-order chi connectivity index (χ1) is 8.95. The Kier molecular flexibility index (Phi) is 5.82. The maximum atomic E-state index is 11.9. The summed E-state index contributed by atoms with van der Waals surface area (Å²) >= 11 is 3.26. The van der Waals surface area contributed by atoms with E-state index in [1.165, 1.54) is 11.0 Å². The predicted octanol–water partition coefficient (Wildman–Crippen LogP) is 3.41. The maximum absolute atomic E-state index is 11.9. The van der Waals surface area contributed by atoms with Crippen LogP contribution in [0.1, 0.15) is 30.1 Å². The quantitative estimate of drug-likeness (QED) is 0.870. The fourth-order valence-electron chi connectivity index (χ4n) is 1.51. The van der Waals surface area contributed by atoms with Gasteiger partial charge in [0.05, 0.1) is 11.3 Å². The lowest BCUT2D eigenvalue weighted by Crippen LogP contribution is -2.32. The number of hydrogen-bond donors (Lipinski definition) is 2. The Balaban J connectivity index is 2.83. The molecular weight excluding hydrogens is 312 g/mol. The first-order valence-electron chi connectivity index (χ1n) is 6.00. The molecule has 0 saturated carbocycles. The molecule has 19 heavy (non-hydrogen) atoms. The van der Waals surface area contributed by atoms with Crippen molar-refractivity contribution in [1.29, 1.82) is 0 Å². The highest BCUT2D eigenvalue weighted by molar-refractivity contribution is 9.10. The van der Waals surface area contributed by atoms with Crippen LogP contribution in [0.3, 0.4) is 0 Å². The number of rotatable bonds is 5. The summed E-state index contributed by atoms with van der Waals surface area (Å²) in [5, 5.41) is 11.7. The zero-order valence-corrected chi connectivity index (χ0v) is 12.5. The number of hydrogen-bond acceptors (Lipinski definition) is 2. The molecule has 0 fully saturated rings. The number of carbonyl (C=O) groups excluding carboxylic acids is 1. The van der Waals surface area contributed by atoms with Gasteiger partial charge in [-0.15, -0.1) is 0 Å². The molecule has 104 valence electrons. The van der Waals surface area contributed by atoms with E-state index in [1.807, 2.05) is 6.92 Å². The van der Waals surface area contributed by atoms with Crippen LogP contribution >= 0.6 is 15.9 Å². The van der Waals surface area contributed by atoms with E-state index in [0.29, 0.717) is 11.0 Å². The maximum Gasteiger partial charge on any atom is 0.337 e. The topological polar surface area (TPSA) is 69.6 Å². The lowest BCUT2D eigenvalue weighted by molar-refractivity contribution is 0.0698. The first kappa shape index (κ1) is 15.5. The van der Waals surface area contributed by atoms with E-state index < -0.39 is 5.97 Å². The Morgan fingerprint density at radius 1 is 1.42 bits per heavy atom. The standard InChI is InChI=1S/C13H17BrN2O3/c1-3-4-7-16(2)13(19)15-11-8-9(14)5-6-10(11)12(17)18/h5-6,8H,3-4,7H2,1-2H3,(H,15,19)(H,17,18). The number of carboxylic acid groups (broad SMARTS) is 1. The zero-order chi connectivity index (χ0) is 14.4. The van der Waals surface area contributed by atoms with Crippen molar-refractivity contribution < 1.29 is 14.7 Å². The van der Waals surface area contributed by atoms with Crippen molar-refractivity contribution in [2.45, 2.75) is 19.8 Å². The van der Waals surface area contributed by atoms with Gasteiger partial charge in [0, 0.05) is 18.1 Å². The number of anilines is 1. The minimum atomic E-state index is -1.07. The van der Waals surface area contributed by atoms with Crippen LogP contribution in [0.5, 0.6) is 0 Å². The van der Waals surface area contributed by atoms with Crippen molar-refractivity contribution in [2.75, 3.05) is 18.9 Å². The molecule has 0 aromatic heterocycles. The van der Waals surface area contributed by atoms with E-state index in [0.717, 1.165) is 12.8 Å². The number of halogens is 1. The Morgan fingerprint density at radius 2 is 2.11 bits per heavy atom. The molecule has 6 heteroatoms. The Hall–Kier alpha value is -1.56. The van der Waals surface area contributed by atoms with Gasteiger partial charge in [-0.1, -0.05) is 29.3 Å². The fraction of sp³-hybridized carbons (Fsp3) is 0.385. The first-order valence-corrected chi connectivity index (χ1v) is 6.80. The minimum absolute atomic E-state index is 0.0699. The highest BCUT2D eigenvalue weighted by Gasteiger charge is 2.14. The lowest BCUT2D eigenvalue weighted by Gasteiger charge is -2.18. The highest BCUT2D eigenvalue weighted by Crippen LogP contribution is 2.21. The fourth-order valence-corrected chi connectivity index (χ4v) is 1.87. The molecule has 0 aliphatic heterocycles. The van der Waals surface area contributed by atoms with Crippen LogP contribution < -0.4 is 5.32 Å². The second-order valence-corrected chi connectivity index (χ2v) is 5.12. The van der Waals surface area contributed by atoms with Gasteiger partial charge in [0.2, 0.25) is 0 Å². The van der Waals surface area contributed by atoms with Gasteiger partial charge in [0.15, 0.2) is 0 Å². The molecule has 0 spiro atoms. The van der Waals surface area contributed by atoms with Crippen LogP contribution in [0.15, 0.2) is 22.7 Å². The second kappa shape index (κ2) is 7.13. The summed E-state index contributed by atoms with van der Waals surface area (Å²) in [5.41, 5.74) is 0.357. The predicted molar refractivity (Wildman–Crippen MR) is 77.7 cm³/mol. The van der Waals surface area contributed by atoms with Crippen LogP contribution in [0.25, 0.3) is 0 Å². The largest absolute Gasteiger partial charge is 0.478 e. The zero-order valence-electron chi connectivity index (χ0n) is 10.9. The Labute approximate surface area is 120 Å². The number of carbonyl (C=O) groups is 2. The molecule has 2 N–H and O–H groups in total. The summed E-state index contributed by atoms with van der Waals surface area (Å²) in [6.07, 6.45) is 1.91. The molecule has 0 atom stereocenters. The molecule has 0 aliphatic carbocycles. The molecule has 0 heterocycles. The van der Waals surface area contributed by atoms with E-state index in [2.05, 4.69) is 21.2 Å². The van der Waals surface area contributed by atoms with Crippen molar-refractivity contribution in [3.63, 3.8) is 0 Å². The molecule has 0 saturated heterocycles. The molecule has 1 rings (SSSR count). The summed E-state index contributed by atoms with van der Waals surface area (Å²) in [6, 6.07) is 4.34. The number of nitrogens with one attached hydrogen (secondary N) is 1. The smallest absolute Gasteiger partial charge is 0.337 e. The van der Waals surface area contributed by atoms with Crippen molar-refractivity contribution in [3.05, 3.63) is 28.2 Å². The summed E-state index contributed by atoms with van der Waals surface area (Å²) < 4.78 is 0.712. The van der Waals surface area contributed by atoms with E-state index >= 15 is 0 Å². The van der Waals surface area contributed by atoms with Gasteiger partial charge in [0.25, 0.3) is 0 Å². The van der Waals surface area contributed by atoms with E-state index in [4.69, 9.17) is 5.11 Å². The van der Waals surface area contributed by atoms with Gasteiger partial charge in [-0.2, -0.15) is 0 Å². The molecular formula is C13H17BrN2O3. The van der Waals surface area contributed by atoms with E-state index in [9.17, 15) is 9.59 Å². The van der Waals surface area contributed by atoms with Crippen molar-refractivity contribution in [2.24, 2.45) is 0 Å². The molecule has 0 radical (unpaired) electrons. The number of carboxylic acids is 1. The van der Waals surface area contributed by atoms with Gasteiger partial charge >= 0.3 is 12.0 Å². The summed E-state index contributed by atoms with van der Waals surface area (Å²) in [5.74, 6) is -1.07. The van der Waals surface area contributed by atoms with Crippen molar-refractivity contribution in [3.8, 4) is 0 Å². The van der Waals surface area contributed by atoms with Crippen LogP contribution in [0.4, 0.5) is 10.5 Å². The molecule has 1 aromatic carbocycles. The number of urea groups is 1. The number of aromatic carboxylic acids is 1. The SMILES string of the molecule is CCCCN(C)C(=O)Nc1cc(Br)ccc1C(=O)O. The normalized spacial score (nSPS) is 10.1. The average molecular weight is 329 g/mol. The summed E-state index contributed by atoms with van der Waals surface area (Å²) in [4.78, 5) is 24.5. The van der Waals surface area contributed by atoms with Crippen molar-refractivity contribution >= 4 is 33.6 Å². The molecule has 5 nitrogen and oxygen atoms in total. The Bertz CT molecular complexity index is 477. The van der Waals surface area contributed by atoms with Gasteiger partial charge in [-0.3, -0.25) is 0 Å². The number of amides is 2. The van der Waals surface area contributed by atoms with E-state index in [-0.39, 0.29) is 17.3 Å². The summed E-state index contributed by atoms with van der Waals surface area (Å²) in [7, 11) is 1.68. The molecule has 2 amide bonds. The van der Waals surface area contributed by atoms with Gasteiger partial charge in [0.1, 0.15) is 0 Å². The minimum Gasteiger partial charge on any atom is -0.478 e. The highest BCUT2D eigenvalue weighted by atomic mass is 79.9. The molecule has 1 aromatic rings. The summed E-state index contributed by atoms with van der Waals surface area (Å²) in [6.45, 7) is 2.68. The van der Waals surface area contributed by atoms with Crippen molar-refractivity contribution in [1.82, 2.24) is 4.90 Å². The van der Waals surface area contributed by atoms with Gasteiger partial charge < -0.3 is 15.3 Å². The molecule has 0 bridgehead atoms.